The highest BCUT2D eigenvalue weighted by molar-refractivity contribution is 5.94. The summed E-state index contributed by atoms with van der Waals surface area (Å²) >= 11 is 0. The van der Waals surface area contributed by atoms with Gasteiger partial charge in [-0.05, 0) is 62.5 Å². The van der Waals surface area contributed by atoms with Crippen LogP contribution >= 0.6 is 0 Å². The van der Waals surface area contributed by atoms with Gasteiger partial charge < -0.3 is 15.5 Å². The molecule has 1 saturated carbocycles. The van der Waals surface area contributed by atoms with Crippen LogP contribution in [0.1, 0.15) is 25.0 Å². The molecule has 2 aliphatic rings. The Bertz CT molecular complexity index is 1170. The lowest BCUT2D eigenvalue weighted by atomic mass is 10.0. The molecule has 0 aromatic carbocycles. The smallest absolute Gasteiger partial charge is 0.228 e. The summed E-state index contributed by atoms with van der Waals surface area (Å²) in [5.74, 6) is 1.34. The van der Waals surface area contributed by atoms with Gasteiger partial charge in [0.2, 0.25) is 5.91 Å². The average Bonchev–Trinajstić information content (AvgIpc) is 3.43. The van der Waals surface area contributed by atoms with Crippen LogP contribution in [0, 0.1) is 23.2 Å². The Labute approximate surface area is 180 Å². The fourth-order valence-electron chi connectivity index (χ4n) is 4.14. The molecular weight excluding hydrogens is 390 g/mol. The van der Waals surface area contributed by atoms with Gasteiger partial charge in [0, 0.05) is 36.8 Å². The summed E-state index contributed by atoms with van der Waals surface area (Å²) in [6.07, 6.45) is 6.72. The third-order valence-corrected chi connectivity index (χ3v) is 6.06. The third kappa shape index (κ3) is 4.23. The number of anilines is 2. The van der Waals surface area contributed by atoms with E-state index in [1.807, 2.05) is 30.5 Å². The van der Waals surface area contributed by atoms with E-state index in [1.54, 1.807) is 10.7 Å². The molecule has 31 heavy (non-hydrogen) atoms. The minimum atomic E-state index is 0.0421. The van der Waals surface area contributed by atoms with Gasteiger partial charge >= 0.3 is 0 Å². The van der Waals surface area contributed by atoms with Crippen LogP contribution in [0.15, 0.2) is 36.7 Å². The number of carbonyl (C=O) groups excluding carboxylic acids is 1. The molecule has 1 atom stereocenters. The van der Waals surface area contributed by atoms with Gasteiger partial charge in [-0.15, -0.1) is 0 Å². The maximum absolute atomic E-state index is 12.0. The number of fused-ring (bicyclic) bond motifs is 1. The largest absolute Gasteiger partial charge is 0.383 e. The first-order chi connectivity index (χ1) is 15.1. The standard InChI is InChI=1S/C23H25N7O/c1-29-6-4-15(14-29)12-26-21-13-25-18(11-24)9-20(21)17-5-7-30-19(8-17)10-22(28-30)27-23(31)16-2-3-16/h5,7-10,13,15-16,26H,2-4,6,12,14H2,1H3,(H,27,28,31)/t15-/m1/s1. The fourth-order valence-corrected chi connectivity index (χ4v) is 4.14. The van der Waals surface area contributed by atoms with Crippen molar-refractivity contribution in [3.63, 3.8) is 0 Å². The molecule has 3 aromatic heterocycles. The Morgan fingerprint density at radius 1 is 1.29 bits per heavy atom. The molecule has 2 fully saturated rings. The number of pyridine rings is 2. The van der Waals surface area contributed by atoms with E-state index in [1.165, 1.54) is 6.42 Å². The number of likely N-dealkylation sites (tertiary alicyclic amines) is 1. The maximum Gasteiger partial charge on any atom is 0.228 e. The number of nitriles is 1. The van der Waals surface area contributed by atoms with Crippen molar-refractivity contribution in [1.29, 1.82) is 5.26 Å². The summed E-state index contributed by atoms with van der Waals surface area (Å²) in [5.41, 5.74) is 4.08. The fraction of sp³-hybridized carbons (Fsp3) is 0.391. The van der Waals surface area contributed by atoms with Gasteiger partial charge in [-0.25, -0.2) is 9.50 Å². The third-order valence-electron chi connectivity index (χ3n) is 6.06. The molecule has 1 saturated heterocycles. The van der Waals surface area contributed by atoms with Crippen LogP contribution in [-0.4, -0.2) is 52.1 Å². The zero-order chi connectivity index (χ0) is 21.4. The molecule has 8 heteroatoms. The van der Waals surface area contributed by atoms with E-state index >= 15 is 0 Å². The highest BCUT2D eigenvalue weighted by Crippen LogP contribution is 2.32. The normalized spacial score (nSPS) is 18.8. The minimum absolute atomic E-state index is 0.0421. The number of nitrogens with one attached hydrogen (secondary N) is 2. The molecule has 8 nitrogen and oxygen atoms in total. The zero-order valence-electron chi connectivity index (χ0n) is 17.5. The lowest BCUT2D eigenvalue weighted by Crippen LogP contribution is -2.19. The number of hydrogen-bond acceptors (Lipinski definition) is 6. The second-order valence-electron chi connectivity index (χ2n) is 8.60. The molecule has 0 spiro atoms. The second kappa shape index (κ2) is 8.00. The van der Waals surface area contributed by atoms with Crippen LogP contribution < -0.4 is 10.6 Å². The monoisotopic (exact) mass is 415 g/mol. The Balaban J connectivity index is 1.42. The molecule has 158 valence electrons. The quantitative estimate of drug-likeness (QED) is 0.642. The van der Waals surface area contributed by atoms with Crippen molar-refractivity contribution in [1.82, 2.24) is 19.5 Å². The van der Waals surface area contributed by atoms with Crippen molar-refractivity contribution in [2.24, 2.45) is 11.8 Å². The van der Waals surface area contributed by atoms with Crippen molar-refractivity contribution in [3.05, 3.63) is 42.4 Å². The van der Waals surface area contributed by atoms with Crippen molar-refractivity contribution in [3.8, 4) is 17.2 Å². The first-order valence-electron chi connectivity index (χ1n) is 10.7. The van der Waals surface area contributed by atoms with Crippen LogP contribution in [0.5, 0.6) is 0 Å². The van der Waals surface area contributed by atoms with E-state index in [-0.39, 0.29) is 11.8 Å². The van der Waals surface area contributed by atoms with Crippen molar-refractivity contribution < 1.29 is 4.79 Å². The number of rotatable bonds is 6. The van der Waals surface area contributed by atoms with E-state index in [0.717, 1.165) is 54.8 Å². The molecule has 1 aliphatic heterocycles. The highest BCUT2D eigenvalue weighted by atomic mass is 16.2. The minimum Gasteiger partial charge on any atom is -0.383 e. The van der Waals surface area contributed by atoms with Gasteiger partial charge in [-0.1, -0.05) is 0 Å². The highest BCUT2D eigenvalue weighted by Gasteiger charge is 2.30. The number of nitrogens with zero attached hydrogens (tertiary/aromatic N) is 5. The predicted octanol–water partition coefficient (Wildman–Crippen LogP) is 2.98. The molecule has 0 unspecified atom stereocenters. The van der Waals surface area contributed by atoms with Gasteiger partial charge in [0.05, 0.1) is 17.4 Å². The van der Waals surface area contributed by atoms with E-state index in [9.17, 15) is 10.1 Å². The average molecular weight is 416 g/mol. The Hall–Kier alpha value is -3.44. The number of aromatic nitrogens is 3. The Morgan fingerprint density at radius 2 is 2.16 bits per heavy atom. The Kier molecular flexibility index (Phi) is 5.04. The molecule has 1 aliphatic carbocycles. The van der Waals surface area contributed by atoms with Gasteiger partial charge in [-0.3, -0.25) is 4.79 Å². The van der Waals surface area contributed by atoms with E-state index < -0.39 is 0 Å². The van der Waals surface area contributed by atoms with Gasteiger partial charge in [0.25, 0.3) is 0 Å². The van der Waals surface area contributed by atoms with Crippen LogP contribution in [0.3, 0.4) is 0 Å². The van der Waals surface area contributed by atoms with Crippen LogP contribution in [-0.2, 0) is 4.79 Å². The maximum atomic E-state index is 12.0. The van der Waals surface area contributed by atoms with E-state index in [4.69, 9.17) is 0 Å². The predicted molar refractivity (Wildman–Crippen MR) is 119 cm³/mol. The van der Waals surface area contributed by atoms with Gasteiger partial charge in [0.15, 0.2) is 5.82 Å². The molecule has 5 rings (SSSR count). The van der Waals surface area contributed by atoms with Crippen LogP contribution in [0.4, 0.5) is 11.5 Å². The first kappa shape index (κ1) is 19.5. The first-order valence-corrected chi connectivity index (χ1v) is 10.7. The number of amides is 1. The Morgan fingerprint density at radius 3 is 2.90 bits per heavy atom. The summed E-state index contributed by atoms with van der Waals surface area (Å²) < 4.78 is 1.75. The lowest BCUT2D eigenvalue weighted by molar-refractivity contribution is -0.117. The van der Waals surface area contributed by atoms with Crippen LogP contribution in [0.2, 0.25) is 0 Å². The van der Waals surface area contributed by atoms with Gasteiger partial charge in [-0.2, -0.15) is 10.4 Å². The summed E-state index contributed by atoms with van der Waals surface area (Å²) in [5, 5.41) is 20.2. The topological polar surface area (TPSA) is 98.3 Å². The molecule has 2 N–H and O–H groups in total. The second-order valence-corrected chi connectivity index (χ2v) is 8.60. The summed E-state index contributed by atoms with van der Waals surface area (Å²) in [7, 11) is 2.15. The van der Waals surface area contributed by atoms with Crippen molar-refractivity contribution >= 4 is 22.9 Å². The number of hydrogen-bond donors (Lipinski definition) is 2. The molecule has 0 bridgehead atoms. The lowest BCUT2D eigenvalue weighted by Gasteiger charge is -2.16. The molecule has 4 heterocycles. The van der Waals surface area contributed by atoms with E-state index in [2.05, 4.69) is 38.7 Å². The summed E-state index contributed by atoms with van der Waals surface area (Å²) in [4.78, 5) is 18.7. The molecule has 1 amide bonds. The van der Waals surface area contributed by atoms with Crippen molar-refractivity contribution in [2.45, 2.75) is 19.3 Å². The molecule has 0 radical (unpaired) electrons. The van der Waals surface area contributed by atoms with Gasteiger partial charge in [0.1, 0.15) is 11.8 Å². The summed E-state index contributed by atoms with van der Waals surface area (Å²) in [6, 6.07) is 9.82. The summed E-state index contributed by atoms with van der Waals surface area (Å²) in [6.45, 7) is 3.09. The van der Waals surface area contributed by atoms with Crippen molar-refractivity contribution in [2.75, 3.05) is 37.3 Å². The zero-order valence-corrected chi connectivity index (χ0v) is 17.5. The molecule has 3 aromatic rings. The number of carbonyl (C=O) groups is 1. The van der Waals surface area contributed by atoms with E-state index in [0.29, 0.717) is 17.4 Å². The van der Waals surface area contributed by atoms with Crippen LogP contribution in [0.25, 0.3) is 16.6 Å². The molecular formula is C23H25N7O. The SMILES string of the molecule is CN1CC[C@H](CNc2cnc(C#N)cc2-c2ccn3nc(NC(=O)C4CC4)cc3c2)C1.